The van der Waals surface area contributed by atoms with Gasteiger partial charge in [0.25, 0.3) is 0 Å². The molecule has 3 N–H and O–H groups in total. The van der Waals surface area contributed by atoms with E-state index >= 15 is 0 Å². The Balaban J connectivity index is 1.98. The molecule has 1 aliphatic heterocycles. The third-order valence-corrected chi connectivity index (χ3v) is 4.33. The van der Waals surface area contributed by atoms with Crippen molar-refractivity contribution in [2.75, 3.05) is 26.2 Å². The lowest BCUT2D eigenvalue weighted by Crippen LogP contribution is -2.37. The van der Waals surface area contributed by atoms with Gasteiger partial charge in [0.05, 0.1) is 0 Å². The predicted octanol–water partition coefficient (Wildman–Crippen LogP) is 2.03. The summed E-state index contributed by atoms with van der Waals surface area (Å²) in [6.07, 6.45) is 1.15. The normalized spacial score (nSPS) is 19.3. The molecule has 2 rings (SSSR count). The van der Waals surface area contributed by atoms with Crippen molar-refractivity contribution in [3.63, 3.8) is 0 Å². The van der Waals surface area contributed by atoms with Crippen LogP contribution in [0, 0.1) is 11.2 Å². The zero-order valence-corrected chi connectivity index (χ0v) is 12.9. The van der Waals surface area contributed by atoms with E-state index in [1.807, 2.05) is 0 Å². The van der Waals surface area contributed by atoms with E-state index in [9.17, 15) is 4.39 Å². The van der Waals surface area contributed by atoms with Crippen molar-refractivity contribution in [3.05, 3.63) is 35.1 Å². The zero-order chi connectivity index (χ0) is 15.4. The molecule has 0 bridgehead atoms. The highest BCUT2D eigenvalue weighted by molar-refractivity contribution is 5.94. The summed E-state index contributed by atoms with van der Waals surface area (Å²) in [5, 5.41) is 7.34. The number of nitrogens with zero attached hydrogens (tertiary/aromatic N) is 2. The topological polar surface area (TPSA) is 56.4 Å². The Hall–Kier alpha value is -1.46. The van der Waals surface area contributed by atoms with Gasteiger partial charge in [-0.25, -0.2) is 4.39 Å². The molecule has 0 aromatic heterocycles. The van der Waals surface area contributed by atoms with Gasteiger partial charge < -0.3 is 5.73 Å². The van der Waals surface area contributed by atoms with E-state index in [0.717, 1.165) is 32.6 Å². The number of benzene rings is 1. The molecular formula is C16H25FN4. The van der Waals surface area contributed by atoms with E-state index in [1.165, 1.54) is 6.07 Å². The van der Waals surface area contributed by atoms with Crippen molar-refractivity contribution in [2.24, 2.45) is 5.73 Å². The van der Waals surface area contributed by atoms with Crippen LogP contribution in [0.1, 0.15) is 31.4 Å². The highest BCUT2D eigenvalue weighted by Crippen LogP contribution is 2.19. The molecule has 1 aromatic carbocycles. The molecular weight excluding hydrogens is 267 g/mol. The summed E-state index contributed by atoms with van der Waals surface area (Å²) >= 11 is 0. The molecule has 0 radical (unpaired) electrons. The SMILES string of the molecule is CCN(CC)C1CCN(Cc2ccc(C(=N)N)cc2F)C1. The molecule has 4 nitrogen and oxygen atoms in total. The van der Waals surface area contributed by atoms with Crippen LogP contribution in [-0.4, -0.2) is 47.9 Å². The number of nitrogen functional groups attached to an aromatic ring is 1. The van der Waals surface area contributed by atoms with Crippen LogP contribution in [-0.2, 0) is 6.54 Å². The summed E-state index contributed by atoms with van der Waals surface area (Å²) in [5.41, 5.74) is 6.50. The van der Waals surface area contributed by atoms with Crippen LogP contribution in [0.5, 0.6) is 0 Å². The van der Waals surface area contributed by atoms with Crippen molar-refractivity contribution in [1.29, 1.82) is 5.41 Å². The molecule has 116 valence electrons. The standard InChI is InChI=1S/C16H25FN4/c1-3-21(4-2)14-7-8-20(11-14)10-13-6-5-12(16(18)19)9-15(13)17/h5-6,9,14H,3-4,7-8,10-11H2,1-2H3,(H3,18,19). The number of hydrogen-bond donors (Lipinski definition) is 2. The smallest absolute Gasteiger partial charge is 0.128 e. The van der Waals surface area contributed by atoms with Gasteiger partial charge in [0, 0.05) is 36.8 Å². The van der Waals surface area contributed by atoms with E-state index in [2.05, 4.69) is 23.6 Å². The minimum atomic E-state index is -0.269. The number of likely N-dealkylation sites (N-methyl/N-ethyl adjacent to an activating group) is 1. The van der Waals surface area contributed by atoms with Crippen LogP contribution in [0.3, 0.4) is 0 Å². The minimum absolute atomic E-state index is 0.0942. The van der Waals surface area contributed by atoms with Crippen molar-refractivity contribution in [1.82, 2.24) is 9.80 Å². The monoisotopic (exact) mass is 292 g/mol. The summed E-state index contributed by atoms with van der Waals surface area (Å²) in [6, 6.07) is 5.41. The number of rotatable bonds is 6. The van der Waals surface area contributed by atoms with E-state index in [4.69, 9.17) is 11.1 Å². The van der Waals surface area contributed by atoms with E-state index in [0.29, 0.717) is 23.7 Å². The average Bonchev–Trinajstić information content (AvgIpc) is 2.91. The molecule has 21 heavy (non-hydrogen) atoms. The maximum absolute atomic E-state index is 14.1. The van der Waals surface area contributed by atoms with E-state index in [1.54, 1.807) is 12.1 Å². The summed E-state index contributed by atoms with van der Waals surface area (Å²) in [4.78, 5) is 4.77. The predicted molar refractivity (Wildman–Crippen MR) is 84.0 cm³/mol. The Kier molecular flexibility index (Phi) is 5.31. The van der Waals surface area contributed by atoms with Gasteiger partial charge in [0.15, 0.2) is 0 Å². The van der Waals surface area contributed by atoms with Crippen molar-refractivity contribution in [3.8, 4) is 0 Å². The van der Waals surface area contributed by atoms with Gasteiger partial charge in [0.1, 0.15) is 11.7 Å². The van der Waals surface area contributed by atoms with Crippen LogP contribution < -0.4 is 5.73 Å². The lowest BCUT2D eigenvalue weighted by molar-refractivity contribution is 0.208. The molecule has 0 saturated carbocycles. The van der Waals surface area contributed by atoms with Gasteiger partial charge in [-0.3, -0.25) is 15.2 Å². The van der Waals surface area contributed by atoms with Crippen molar-refractivity contribution in [2.45, 2.75) is 32.9 Å². The summed E-state index contributed by atoms with van der Waals surface area (Å²) < 4.78 is 14.1. The highest BCUT2D eigenvalue weighted by Gasteiger charge is 2.26. The first-order valence-electron chi connectivity index (χ1n) is 7.64. The molecule has 1 atom stereocenters. The number of hydrogen-bond acceptors (Lipinski definition) is 3. The minimum Gasteiger partial charge on any atom is -0.384 e. The third kappa shape index (κ3) is 3.80. The Morgan fingerprint density at radius 3 is 2.71 bits per heavy atom. The number of nitrogens with one attached hydrogen (secondary N) is 1. The second-order valence-electron chi connectivity index (χ2n) is 5.62. The van der Waals surface area contributed by atoms with Gasteiger partial charge >= 0.3 is 0 Å². The molecule has 1 aromatic rings. The van der Waals surface area contributed by atoms with Crippen molar-refractivity contribution >= 4 is 5.84 Å². The molecule has 1 heterocycles. The fourth-order valence-electron chi connectivity index (χ4n) is 3.08. The highest BCUT2D eigenvalue weighted by atomic mass is 19.1. The quantitative estimate of drug-likeness (QED) is 0.623. The maximum atomic E-state index is 14.1. The van der Waals surface area contributed by atoms with Gasteiger partial charge in [-0.05, 0) is 25.6 Å². The van der Waals surface area contributed by atoms with Crippen LogP contribution >= 0.6 is 0 Å². The summed E-state index contributed by atoms with van der Waals surface area (Å²) in [6.45, 7) is 9.14. The first-order chi connectivity index (χ1) is 10.0. The largest absolute Gasteiger partial charge is 0.384 e. The summed E-state index contributed by atoms with van der Waals surface area (Å²) in [5.74, 6) is -0.364. The van der Waals surface area contributed by atoms with Gasteiger partial charge in [-0.2, -0.15) is 0 Å². The molecule has 0 spiro atoms. The first-order valence-corrected chi connectivity index (χ1v) is 7.64. The molecule has 0 aliphatic carbocycles. The van der Waals surface area contributed by atoms with Crippen LogP contribution in [0.4, 0.5) is 4.39 Å². The molecule has 1 fully saturated rings. The van der Waals surface area contributed by atoms with Crippen molar-refractivity contribution < 1.29 is 4.39 Å². The molecule has 0 amide bonds. The van der Waals surface area contributed by atoms with Crippen LogP contribution in [0.2, 0.25) is 0 Å². The summed E-state index contributed by atoms with van der Waals surface area (Å²) in [7, 11) is 0. The maximum Gasteiger partial charge on any atom is 0.128 e. The molecule has 5 heteroatoms. The fourth-order valence-corrected chi connectivity index (χ4v) is 3.08. The molecule has 1 aliphatic rings. The second-order valence-corrected chi connectivity index (χ2v) is 5.62. The number of nitrogens with two attached hydrogens (primary N) is 1. The van der Waals surface area contributed by atoms with Gasteiger partial charge in [-0.1, -0.05) is 26.0 Å². The van der Waals surface area contributed by atoms with E-state index < -0.39 is 0 Å². The van der Waals surface area contributed by atoms with Crippen LogP contribution in [0.25, 0.3) is 0 Å². The van der Waals surface area contributed by atoms with Gasteiger partial charge in [0.2, 0.25) is 0 Å². The van der Waals surface area contributed by atoms with Crippen LogP contribution in [0.15, 0.2) is 18.2 Å². The molecule has 1 saturated heterocycles. The Morgan fingerprint density at radius 2 is 2.14 bits per heavy atom. The number of likely N-dealkylation sites (tertiary alicyclic amines) is 1. The van der Waals surface area contributed by atoms with Gasteiger partial charge in [-0.15, -0.1) is 0 Å². The third-order valence-electron chi connectivity index (χ3n) is 4.33. The number of amidine groups is 1. The average molecular weight is 292 g/mol. The lowest BCUT2D eigenvalue weighted by Gasteiger charge is -2.26. The molecule has 1 unspecified atom stereocenters. The fraction of sp³-hybridized carbons (Fsp3) is 0.562. The Bertz CT molecular complexity index is 499. The zero-order valence-electron chi connectivity index (χ0n) is 12.9. The van der Waals surface area contributed by atoms with E-state index in [-0.39, 0.29) is 11.7 Å². The Labute approximate surface area is 126 Å². The lowest BCUT2D eigenvalue weighted by atomic mass is 10.1. The number of halogens is 1. The Morgan fingerprint density at radius 1 is 1.43 bits per heavy atom. The first kappa shape index (κ1) is 15.9. The second kappa shape index (κ2) is 7.00.